The molecule has 0 aliphatic carbocycles. The largest absolute Gasteiger partial charge is 0.316 e. The van der Waals surface area contributed by atoms with E-state index in [9.17, 15) is 4.79 Å². The number of nitrogens with one attached hydrogen (secondary N) is 1. The van der Waals surface area contributed by atoms with Crippen molar-refractivity contribution >= 4 is 12.4 Å². The van der Waals surface area contributed by atoms with Crippen molar-refractivity contribution in [1.29, 1.82) is 0 Å². The highest BCUT2D eigenvalue weighted by Crippen LogP contribution is 2.11. The van der Waals surface area contributed by atoms with Crippen molar-refractivity contribution in [2.75, 3.05) is 13.6 Å². The Kier molecular flexibility index (Phi) is 4.08. The molecule has 0 aromatic heterocycles. The number of hydrogen-bond donors (Lipinski definition) is 1. The molecular weight excluding hydrogens is 174 g/mol. The smallest absolute Gasteiger partial charge is 0.150 e. The maximum absolute atomic E-state index is 10.7. The molecule has 0 saturated carbocycles. The van der Waals surface area contributed by atoms with Gasteiger partial charge in [-0.05, 0) is 19.5 Å². The average molecular weight is 189 g/mol. The van der Waals surface area contributed by atoms with Crippen LogP contribution >= 0.6 is 0 Å². The van der Waals surface area contributed by atoms with Gasteiger partial charge in [0.25, 0.3) is 0 Å². The van der Waals surface area contributed by atoms with Crippen molar-refractivity contribution in [3.8, 4) is 0 Å². The molecule has 0 spiro atoms. The normalized spacial score (nSPS) is 10.7. The molecule has 0 unspecified atom stereocenters. The third-order valence-corrected chi connectivity index (χ3v) is 1.99. The van der Waals surface area contributed by atoms with E-state index in [0.29, 0.717) is 0 Å². The number of aryl methyl sites for hydroxylation is 1. The van der Waals surface area contributed by atoms with Gasteiger partial charge in [0.05, 0.1) is 0 Å². The van der Waals surface area contributed by atoms with E-state index in [-0.39, 0.29) is 0 Å². The first kappa shape index (κ1) is 10.7. The molecule has 0 aliphatic heterocycles. The van der Waals surface area contributed by atoms with Gasteiger partial charge in [-0.3, -0.25) is 4.79 Å². The molecular formula is C12H15NO. The van der Waals surface area contributed by atoms with Gasteiger partial charge in [-0.2, -0.15) is 0 Å². The van der Waals surface area contributed by atoms with Gasteiger partial charge in [0.1, 0.15) is 0 Å². The Morgan fingerprint density at radius 3 is 2.79 bits per heavy atom. The summed E-state index contributed by atoms with van der Waals surface area (Å²) in [5.41, 5.74) is 2.89. The predicted octanol–water partition coefficient (Wildman–Crippen LogP) is 2.04. The van der Waals surface area contributed by atoms with Crippen LogP contribution in [0.3, 0.4) is 0 Å². The van der Waals surface area contributed by atoms with E-state index in [2.05, 4.69) is 5.32 Å². The summed E-state index contributed by atoms with van der Waals surface area (Å²) in [6.07, 6.45) is 4.85. The van der Waals surface area contributed by atoms with Gasteiger partial charge in [-0.1, -0.05) is 35.9 Å². The average Bonchev–Trinajstić information content (AvgIpc) is 2.19. The molecule has 0 heterocycles. The fourth-order valence-corrected chi connectivity index (χ4v) is 1.25. The fourth-order valence-electron chi connectivity index (χ4n) is 1.25. The van der Waals surface area contributed by atoms with Gasteiger partial charge in [0.2, 0.25) is 0 Å². The molecule has 2 nitrogen and oxygen atoms in total. The van der Waals surface area contributed by atoms with E-state index in [1.807, 2.05) is 44.3 Å². The van der Waals surface area contributed by atoms with Crippen LogP contribution < -0.4 is 5.32 Å². The maximum Gasteiger partial charge on any atom is 0.150 e. The van der Waals surface area contributed by atoms with Gasteiger partial charge in [-0.15, -0.1) is 0 Å². The van der Waals surface area contributed by atoms with Crippen LogP contribution in [0.2, 0.25) is 0 Å². The third-order valence-electron chi connectivity index (χ3n) is 1.99. The van der Waals surface area contributed by atoms with E-state index in [0.717, 1.165) is 24.0 Å². The molecule has 74 valence electrons. The molecule has 1 aromatic rings. The second kappa shape index (κ2) is 5.35. The van der Waals surface area contributed by atoms with E-state index >= 15 is 0 Å². The number of carbonyl (C=O) groups is 1. The molecule has 0 atom stereocenters. The first-order valence-electron chi connectivity index (χ1n) is 4.65. The number of benzene rings is 1. The lowest BCUT2D eigenvalue weighted by Gasteiger charge is -2.00. The quantitative estimate of drug-likeness (QED) is 0.734. The Morgan fingerprint density at radius 2 is 2.14 bits per heavy atom. The van der Waals surface area contributed by atoms with Crippen LogP contribution in [0.1, 0.15) is 21.5 Å². The Hall–Kier alpha value is -1.41. The molecule has 14 heavy (non-hydrogen) atoms. The molecule has 0 amide bonds. The van der Waals surface area contributed by atoms with E-state index in [1.165, 1.54) is 5.56 Å². The topological polar surface area (TPSA) is 29.1 Å². The molecule has 0 radical (unpaired) electrons. The molecule has 1 aromatic carbocycles. The van der Waals surface area contributed by atoms with Gasteiger partial charge in [-0.25, -0.2) is 0 Å². The molecule has 0 fully saturated rings. The van der Waals surface area contributed by atoms with Gasteiger partial charge < -0.3 is 5.32 Å². The van der Waals surface area contributed by atoms with E-state index in [1.54, 1.807) is 0 Å². The summed E-state index contributed by atoms with van der Waals surface area (Å²) < 4.78 is 0. The van der Waals surface area contributed by atoms with Crippen LogP contribution in [0, 0.1) is 6.92 Å². The summed E-state index contributed by atoms with van der Waals surface area (Å²) in [5.74, 6) is 0. The number of carbonyl (C=O) groups excluding carboxylic acids is 1. The molecule has 0 aliphatic rings. The number of hydrogen-bond acceptors (Lipinski definition) is 2. The molecule has 0 saturated heterocycles. The maximum atomic E-state index is 10.7. The van der Waals surface area contributed by atoms with Gasteiger partial charge in [0, 0.05) is 12.1 Å². The second-order valence-electron chi connectivity index (χ2n) is 3.21. The van der Waals surface area contributed by atoms with Crippen LogP contribution in [0.4, 0.5) is 0 Å². The standard InChI is InChI=1S/C12H15NO/c1-10-5-6-12(9-14)11(8-10)4-3-7-13-2/h3-6,8-9,13H,7H2,1-2H3. The zero-order valence-corrected chi connectivity index (χ0v) is 8.58. The number of aldehydes is 1. The summed E-state index contributed by atoms with van der Waals surface area (Å²) in [4.78, 5) is 10.7. The lowest BCUT2D eigenvalue weighted by molar-refractivity contribution is 0.112. The summed E-state index contributed by atoms with van der Waals surface area (Å²) >= 11 is 0. The minimum atomic E-state index is 0.739. The summed E-state index contributed by atoms with van der Waals surface area (Å²) in [7, 11) is 1.89. The summed E-state index contributed by atoms with van der Waals surface area (Å²) in [6, 6.07) is 5.80. The van der Waals surface area contributed by atoms with Gasteiger partial charge in [0.15, 0.2) is 6.29 Å². The third kappa shape index (κ3) is 2.82. The zero-order valence-electron chi connectivity index (χ0n) is 8.58. The van der Waals surface area contributed by atoms with Crippen LogP contribution in [0.5, 0.6) is 0 Å². The molecule has 2 heteroatoms. The minimum Gasteiger partial charge on any atom is -0.316 e. The van der Waals surface area contributed by atoms with Crippen molar-refractivity contribution < 1.29 is 4.79 Å². The Labute approximate surface area is 84.6 Å². The fraction of sp³-hybridized carbons (Fsp3) is 0.250. The first-order chi connectivity index (χ1) is 6.77. The van der Waals surface area contributed by atoms with Crippen molar-refractivity contribution in [3.63, 3.8) is 0 Å². The SMILES string of the molecule is CNCC=Cc1cc(C)ccc1C=O. The van der Waals surface area contributed by atoms with Crippen molar-refractivity contribution in [3.05, 3.63) is 41.0 Å². The Morgan fingerprint density at radius 1 is 1.36 bits per heavy atom. The zero-order chi connectivity index (χ0) is 10.4. The van der Waals surface area contributed by atoms with Gasteiger partial charge >= 0.3 is 0 Å². The van der Waals surface area contributed by atoms with Crippen LogP contribution in [0.15, 0.2) is 24.3 Å². The molecule has 1 N–H and O–H groups in total. The number of likely N-dealkylation sites (N-methyl/N-ethyl adjacent to an activating group) is 1. The predicted molar refractivity (Wildman–Crippen MR) is 59.5 cm³/mol. The Bertz CT molecular complexity index is 342. The molecule has 1 rings (SSSR count). The second-order valence-corrected chi connectivity index (χ2v) is 3.21. The summed E-state index contributed by atoms with van der Waals surface area (Å²) in [6.45, 7) is 2.83. The van der Waals surface area contributed by atoms with Crippen LogP contribution in [-0.4, -0.2) is 19.9 Å². The van der Waals surface area contributed by atoms with Crippen molar-refractivity contribution in [2.45, 2.75) is 6.92 Å². The summed E-state index contributed by atoms with van der Waals surface area (Å²) in [5, 5.41) is 3.01. The van der Waals surface area contributed by atoms with E-state index in [4.69, 9.17) is 0 Å². The highest BCUT2D eigenvalue weighted by atomic mass is 16.1. The molecule has 0 bridgehead atoms. The van der Waals surface area contributed by atoms with Crippen LogP contribution in [0.25, 0.3) is 6.08 Å². The lowest BCUT2D eigenvalue weighted by atomic mass is 10.1. The Balaban J connectivity index is 2.92. The first-order valence-corrected chi connectivity index (χ1v) is 4.65. The van der Waals surface area contributed by atoms with Crippen LogP contribution in [-0.2, 0) is 0 Å². The highest BCUT2D eigenvalue weighted by Gasteiger charge is 1.97. The minimum absolute atomic E-state index is 0.739. The van der Waals surface area contributed by atoms with E-state index < -0.39 is 0 Å². The number of rotatable bonds is 4. The highest BCUT2D eigenvalue weighted by molar-refractivity contribution is 5.82. The lowest BCUT2D eigenvalue weighted by Crippen LogP contribution is -2.03. The van der Waals surface area contributed by atoms with Crippen molar-refractivity contribution in [1.82, 2.24) is 5.32 Å². The monoisotopic (exact) mass is 189 g/mol. The van der Waals surface area contributed by atoms with Crippen molar-refractivity contribution in [2.24, 2.45) is 0 Å².